The number of ether oxygens (including phenoxy) is 1. The lowest BCUT2D eigenvalue weighted by Gasteiger charge is -2.47. The van der Waals surface area contributed by atoms with Gasteiger partial charge >= 0.3 is 0 Å². The van der Waals surface area contributed by atoms with Crippen LogP contribution in [0.3, 0.4) is 0 Å². The predicted octanol–water partition coefficient (Wildman–Crippen LogP) is 5.58. The molecule has 17 atom stereocenters. The molecule has 10 rings (SSSR count). The Labute approximate surface area is 298 Å². The topological polar surface area (TPSA) is 89.0 Å². The Morgan fingerprint density at radius 2 is 1.08 bits per heavy atom. The summed E-state index contributed by atoms with van der Waals surface area (Å²) in [5, 5.41) is 38.6. The first-order valence-corrected chi connectivity index (χ1v) is 22.8. The van der Waals surface area contributed by atoms with E-state index in [1.54, 1.807) is 0 Å². The van der Waals surface area contributed by atoms with E-state index in [0.717, 1.165) is 48.1 Å². The molecule has 0 radical (unpaired) electrons. The van der Waals surface area contributed by atoms with Crippen molar-refractivity contribution in [1.29, 1.82) is 0 Å². The normalized spacial score (nSPS) is 57.0. The number of thioether (sulfide) groups is 2. The molecule has 4 saturated heterocycles. The second-order valence-corrected chi connectivity index (χ2v) is 21.1. The Balaban J connectivity index is 0.872. The number of likely N-dealkylation sites (tertiary alicyclic amines) is 1. The number of aliphatic hydroxyl groups excluding tert-OH is 2. The molecule has 0 amide bonds. The molecule has 4 aliphatic heterocycles. The van der Waals surface area contributed by atoms with E-state index in [1.807, 2.05) is 0 Å². The van der Waals surface area contributed by atoms with Gasteiger partial charge in [0.15, 0.2) is 0 Å². The number of fused-ring (bicyclic) bond motifs is 6. The van der Waals surface area contributed by atoms with E-state index in [4.69, 9.17) is 4.74 Å². The molecule has 270 valence electrons. The van der Waals surface area contributed by atoms with Crippen LogP contribution in [0.2, 0.25) is 0 Å². The van der Waals surface area contributed by atoms with Crippen LogP contribution in [0.25, 0.3) is 0 Å². The fraction of sp³-hybridized carbons (Fsp3) is 1.00. The summed E-state index contributed by atoms with van der Waals surface area (Å²) in [6.45, 7) is 0. The van der Waals surface area contributed by atoms with Gasteiger partial charge in [0.25, 0.3) is 0 Å². The summed E-state index contributed by atoms with van der Waals surface area (Å²) in [5.41, 5.74) is 0. The first kappa shape index (κ1) is 33.0. The molecule has 17 unspecified atom stereocenters. The fourth-order valence-electron chi connectivity index (χ4n) is 13.6. The molecule has 9 heteroatoms. The summed E-state index contributed by atoms with van der Waals surface area (Å²) < 4.78 is 6.73. The highest BCUT2D eigenvalue weighted by Crippen LogP contribution is 2.56. The monoisotopic (exact) mass is 700 g/mol. The van der Waals surface area contributed by atoms with Crippen molar-refractivity contribution < 1.29 is 14.9 Å². The van der Waals surface area contributed by atoms with Gasteiger partial charge in [-0.25, -0.2) is 0 Å². The van der Waals surface area contributed by atoms with Crippen LogP contribution in [0, 0.1) is 29.6 Å². The Morgan fingerprint density at radius 3 is 1.75 bits per heavy atom. The number of hydrogen-bond acceptors (Lipinski definition) is 9. The lowest BCUT2D eigenvalue weighted by atomic mass is 9.66. The minimum absolute atomic E-state index is 0.0113. The van der Waals surface area contributed by atoms with Gasteiger partial charge in [-0.2, -0.15) is 0 Å². The van der Waals surface area contributed by atoms with Crippen LogP contribution >= 0.6 is 23.5 Å². The van der Waals surface area contributed by atoms with Gasteiger partial charge < -0.3 is 25.6 Å². The molecule has 10 aliphatic rings. The van der Waals surface area contributed by atoms with E-state index in [-0.39, 0.29) is 24.4 Å². The van der Waals surface area contributed by atoms with Crippen LogP contribution in [0.15, 0.2) is 0 Å². The molecule has 0 bridgehead atoms. The van der Waals surface area contributed by atoms with Crippen molar-refractivity contribution >= 4 is 23.5 Å². The zero-order valence-corrected chi connectivity index (χ0v) is 30.8. The molecular weight excluding hydrogens is 637 g/mol. The van der Waals surface area contributed by atoms with Crippen molar-refractivity contribution in [3.63, 3.8) is 0 Å². The molecule has 0 aromatic rings. The van der Waals surface area contributed by atoms with Gasteiger partial charge in [-0.05, 0) is 108 Å². The third-order valence-electron chi connectivity index (χ3n) is 15.9. The van der Waals surface area contributed by atoms with Crippen LogP contribution in [-0.2, 0) is 4.74 Å². The minimum Gasteiger partial charge on any atom is -0.393 e. The number of nitrogens with one attached hydrogen (secondary N) is 3. The smallest absolute Gasteiger partial charge is 0.114 e. The predicted molar refractivity (Wildman–Crippen MR) is 195 cm³/mol. The Hall–Kier alpha value is 0.420. The number of nitrogens with zero attached hydrogens (tertiary/aromatic N) is 1. The van der Waals surface area contributed by atoms with Gasteiger partial charge in [-0.3, -0.25) is 10.2 Å². The van der Waals surface area contributed by atoms with Crippen LogP contribution in [0.1, 0.15) is 128 Å². The van der Waals surface area contributed by atoms with Crippen molar-refractivity contribution in [1.82, 2.24) is 20.9 Å². The second-order valence-electron chi connectivity index (χ2n) is 18.3. The summed E-state index contributed by atoms with van der Waals surface area (Å²) in [6, 6.07) is 3.43. The maximum Gasteiger partial charge on any atom is 0.114 e. The van der Waals surface area contributed by atoms with Crippen molar-refractivity contribution in [3.05, 3.63) is 0 Å². The molecule has 6 saturated carbocycles. The quantitative estimate of drug-likeness (QED) is 0.258. The van der Waals surface area contributed by atoms with E-state index in [2.05, 4.69) is 44.4 Å². The van der Waals surface area contributed by atoms with E-state index in [1.165, 1.54) is 103 Å². The molecule has 6 aliphatic carbocycles. The van der Waals surface area contributed by atoms with Crippen LogP contribution in [0.4, 0.5) is 0 Å². The summed E-state index contributed by atoms with van der Waals surface area (Å²) in [5.74, 6) is 2.57. The molecule has 0 aromatic carbocycles. The van der Waals surface area contributed by atoms with E-state index < -0.39 is 0 Å². The summed E-state index contributed by atoms with van der Waals surface area (Å²) in [7, 11) is 0. The second kappa shape index (κ2) is 13.7. The SMILES string of the molecule is OC1CC2C(CC1C1NC3CCCCC3O1)C1CC(C3NC4CCCCC4S3)C(O)CC1N2C1CCC(C2NC3CCCCC3S2)CC1. The van der Waals surface area contributed by atoms with Gasteiger partial charge in [-0.1, -0.05) is 38.5 Å². The lowest BCUT2D eigenvalue weighted by molar-refractivity contribution is -0.0839. The molecule has 5 N–H and O–H groups in total. The Kier molecular flexibility index (Phi) is 9.41. The Bertz CT molecular complexity index is 1040. The van der Waals surface area contributed by atoms with Gasteiger partial charge in [0.05, 0.1) is 29.1 Å². The lowest BCUT2D eigenvalue weighted by Crippen LogP contribution is -2.54. The average molecular weight is 701 g/mol. The third-order valence-corrected chi connectivity index (χ3v) is 19.3. The van der Waals surface area contributed by atoms with Crippen LogP contribution < -0.4 is 16.0 Å². The molecular formula is C39H64N4O3S2. The summed E-state index contributed by atoms with van der Waals surface area (Å²) in [6.07, 6.45) is 25.2. The Morgan fingerprint density at radius 1 is 0.521 bits per heavy atom. The average Bonchev–Trinajstić information content (AvgIpc) is 3.90. The third kappa shape index (κ3) is 5.90. The number of hydrogen-bond donors (Lipinski definition) is 5. The van der Waals surface area contributed by atoms with Crippen molar-refractivity contribution in [3.8, 4) is 0 Å². The molecule has 7 nitrogen and oxygen atoms in total. The zero-order valence-electron chi connectivity index (χ0n) is 29.2. The first-order valence-electron chi connectivity index (χ1n) is 21.0. The number of aliphatic hydroxyl groups is 2. The van der Waals surface area contributed by atoms with Crippen molar-refractivity contribution in [2.24, 2.45) is 29.6 Å². The largest absolute Gasteiger partial charge is 0.393 e. The highest BCUT2D eigenvalue weighted by Gasteiger charge is 2.60. The minimum atomic E-state index is -0.304. The van der Waals surface area contributed by atoms with E-state index >= 15 is 0 Å². The zero-order chi connectivity index (χ0) is 31.9. The van der Waals surface area contributed by atoms with Crippen LogP contribution in [-0.4, -0.2) is 97.2 Å². The van der Waals surface area contributed by atoms with Gasteiger partial charge in [-0.15, -0.1) is 23.5 Å². The highest BCUT2D eigenvalue weighted by atomic mass is 32.2. The van der Waals surface area contributed by atoms with E-state index in [0.29, 0.717) is 64.8 Å². The maximum absolute atomic E-state index is 12.0. The summed E-state index contributed by atoms with van der Waals surface area (Å²) in [4.78, 5) is 2.97. The summed E-state index contributed by atoms with van der Waals surface area (Å²) >= 11 is 4.48. The maximum atomic E-state index is 12.0. The first-order chi connectivity index (χ1) is 23.6. The standard InChI is InChI=1S/C39H64N4O3S2/c44-32-19-30-23(17-25(32)37-40-27-7-1-4-10-34(27)46-37)24-18-26(39-42-29-9-3-6-12-36(29)48-39)33(45)20-31(24)43(30)22-15-13-21(14-16-22)38-41-28-8-2-5-11-35(28)47-38/h21-42,44-45H,1-20H2. The molecule has 4 heterocycles. The van der Waals surface area contributed by atoms with Crippen LogP contribution in [0.5, 0.6) is 0 Å². The highest BCUT2D eigenvalue weighted by molar-refractivity contribution is 8.01. The molecule has 48 heavy (non-hydrogen) atoms. The molecule has 0 spiro atoms. The molecule has 0 aromatic heterocycles. The van der Waals surface area contributed by atoms with Crippen molar-refractivity contribution in [2.75, 3.05) is 0 Å². The van der Waals surface area contributed by atoms with Gasteiger partial charge in [0.2, 0.25) is 0 Å². The van der Waals surface area contributed by atoms with E-state index in [9.17, 15) is 10.2 Å². The number of rotatable bonds is 4. The fourth-order valence-corrected chi connectivity index (χ4v) is 17.2. The molecule has 10 fully saturated rings. The van der Waals surface area contributed by atoms with Crippen molar-refractivity contribution in [2.45, 2.75) is 210 Å². The van der Waals surface area contributed by atoms with Gasteiger partial charge in [0.1, 0.15) is 6.23 Å². The van der Waals surface area contributed by atoms with Gasteiger partial charge in [0, 0.05) is 58.6 Å².